The Bertz CT molecular complexity index is 572. The largest absolute Gasteiger partial charge is 0.310 e. The molecule has 2 aromatic rings. The third-order valence-corrected chi connectivity index (χ3v) is 2.98. The summed E-state index contributed by atoms with van der Waals surface area (Å²) in [5.41, 5.74) is 0.913. The van der Waals surface area contributed by atoms with Gasteiger partial charge >= 0.3 is 0 Å². The molecular formula is C13H10Cl2N2O. The normalized spacial score (nSPS) is 10.2. The van der Waals surface area contributed by atoms with Crippen LogP contribution >= 0.6 is 23.2 Å². The first-order valence-corrected chi connectivity index (χ1v) is 6.00. The molecule has 0 spiro atoms. The molecule has 3 nitrogen and oxygen atoms in total. The minimum atomic E-state index is -0.297. The van der Waals surface area contributed by atoms with Gasteiger partial charge in [0.15, 0.2) is 0 Å². The Morgan fingerprint density at radius 2 is 1.78 bits per heavy atom. The van der Waals surface area contributed by atoms with Crippen LogP contribution in [0.25, 0.3) is 0 Å². The van der Waals surface area contributed by atoms with Crippen molar-refractivity contribution in [1.29, 1.82) is 0 Å². The van der Waals surface area contributed by atoms with Crippen molar-refractivity contribution < 1.29 is 4.79 Å². The maximum atomic E-state index is 12.2. The lowest BCUT2D eigenvalue weighted by molar-refractivity contribution is 0.0988. The molecule has 0 saturated carbocycles. The molecule has 5 heteroatoms. The highest BCUT2D eigenvalue weighted by Crippen LogP contribution is 2.21. The number of pyridine rings is 1. The van der Waals surface area contributed by atoms with Crippen LogP contribution in [0.15, 0.2) is 42.5 Å². The maximum Gasteiger partial charge on any atom is 0.278 e. The van der Waals surface area contributed by atoms with Gasteiger partial charge in [-0.3, -0.25) is 4.79 Å². The number of hydrogen-bond acceptors (Lipinski definition) is 2. The Morgan fingerprint density at radius 3 is 2.44 bits per heavy atom. The summed E-state index contributed by atoms with van der Waals surface area (Å²) in [6, 6.07) is 12.4. The van der Waals surface area contributed by atoms with Crippen LogP contribution in [0.4, 0.5) is 5.69 Å². The summed E-state index contributed by atoms with van der Waals surface area (Å²) in [4.78, 5) is 17.7. The highest BCUT2D eigenvalue weighted by molar-refractivity contribution is 6.35. The van der Waals surface area contributed by atoms with E-state index in [0.717, 1.165) is 5.69 Å². The molecule has 0 radical (unpaired) electrons. The number of anilines is 1. The van der Waals surface area contributed by atoms with Crippen LogP contribution in [0, 0.1) is 0 Å². The van der Waals surface area contributed by atoms with Crippen LogP contribution in [-0.2, 0) is 0 Å². The second-order valence-corrected chi connectivity index (χ2v) is 4.46. The number of carbonyl (C=O) groups is 1. The van der Waals surface area contributed by atoms with Crippen LogP contribution in [-0.4, -0.2) is 17.9 Å². The molecule has 0 fully saturated rings. The highest BCUT2D eigenvalue weighted by atomic mass is 35.5. The van der Waals surface area contributed by atoms with Crippen LogP contribution in [0.1, 0.15) is 10.5 Å². The Kier molecular flexibility index (Phi) is 3.84. The zero-order valence-electron chi connectivity index (χ0n) is 9.60. The third kappa shape index (κ3) is 2.63. The van der Waals surface area contributed by atoms with Gasteiger partial charge in [0.25, 0.3) is 5.91 Å². The lowest BCUT2D eigenvalue weighted by Gasteiger charge is -2.17. The maximum absolute atomic E-state index is 12.2. The van der Waals surface area contributed by atoms with Crippen molar-refractivity contribution in [1.82, 2.24) is 4.98 Å². The summed E-state index contributed by atoms with van der Waals surface area (Å²) in [6.45, 7) is 0. The van der Waals surface area contributed by atoms with E-state index in [1.54, 1.807) is 19.2 Å². The summed E-state index contributed by atoms with van der Waals surface area (Å²) in [5.74, 6) is -0.297. The summed E-state index contributed by atoms with van der Waals surface area (Å²) in [6.07, 6.45) is 0. The van der Waals surface area contributed by atoms with E-state index in [1.165, 1.54) is 4.90 Å². The Balaban J connectivity index is 2.34. The zero-order chi connectivity index (χ0) is 13.1. The van der Waals surface area contributed by atoms with Crippen molar-refractivity contribution in [3.8, 4) is 0 Å². The van der Waals surface area contributed by atoms with Crippen molar-refractivity contribution in [2.75, 3.05) is 11.9 Å². The van der Waals surface area contributed by atoms with Crippen LogP contribution in [0.3, 0.4) is 0 Å². The first-order chi connectivity index (χ1) is 8.59. The molecule has 0 atom stereocenters. The summed E-state index contributed by atoms with van der Waals surface area (Å²) >= 11 is 11.7. The van der Waals surface area contributed by atoms with Crippen molar-refractivity contribution in [3.63, 3.8) is 0 Å². The van der Waals surface area contributed by atoms with Crippen LogP contribution in [0.2, 0.25) is 10.2 Å². The number of carbonyl (C=O) groups excluding carboxylic acids is 1. The van der Waals surface area contributed by atoms with Crippen molar-refractivity contribution >= 4 is 34.8 Å². The van der Waals surface area contributed by atoms with Gasteiger partial charge in [-0.05, 0) is 24.3 Å². The van der Waals surface area contributed by atoms with Gasteiger partial charge in [0, 0.05) is 12.7 Å². The van der Waals surface area contributed by atoms with Gasteiger partial charge in [-0.25, -0.2) is 4.98 Å². The number of nitrogens with zero attached hydrogens (tertiary/aromatic N) is 2. The fraction of sp³-hybridized carbons (Fsp3) is 0.0769. The van der Waals surface area contributed by atoms with Gasteiger partial charge in [0.1, 0.15) is 10.8 Å². The molecule has 0 aliphatic rings. The number of benzene rings is 1. The van der Waals surface area contributed by atoms with Gasteiger partial charge in [-0.15, -0.1) is 0 Å². The molecule has 18 heavy (non-hydrogen) atoms. The van der Waals surface area contributed by atoms with E-state index in [1.807, 2.05) is 30.3 Å². The summed E-state index contributed by atoms with van der Waals surface area (Å²) < 4.78 is 0. The number of amides is 1. The van der Waals surface area contributed by atoms with Crippen molar-refractivity contribution in [2.45, 2.75) is 0 Å². The van der Waals surface area contributed by atoms with Crippen LogP contribution in [0.5, 0.6) is 0 Å². The fourth-order valence-corrected chi connectivity index (χ4v) is 1.83. The second kappa shape index (κ2) is 5.38. The van der Waals surface area contributed by atoms with Gasteiger partial charge in [-0.2, -0.15) is 0 Å². The van der Waals surface area contributed by atoms with Crippen LogP contribution < -0.4 is 4.90 Å². The fourth-order valence-electron chi connectivity index (χ4n) is 1.50. The lowest BCUT2D eigenvalue weighted by atomic mass is 10.2. The molecule has 0 bridgehead atoms. The average molecular weight is 281 g/mol. The van der Waals surface area contributed by atoms with E-state index >= 15 is 0 Å². The molecule has 0 aliphatic heterocycles. The minimum Gasteiger partial charge on any atom is -0.310 e. The predicted molar refractivity (Wildman–Crippen MR) is 73.4 cm³/mol. The quantitative estimate of drug-likeness (QED) is 0.787. The summed E-state index contributed by atoms with van der Waals surface area (Å²) in [7, 11) is 1.66. The molecule has 1 aromatic heterocycles. The molecule has 0 saturated heterocycles. The third-order valence-electron chi connectivity index (χ3n) is 2.46. The first kappa shape index (κ1) is 12.9. The second-order valence-electron chi connectivity index (χ2n) is 3.66. The van der Waals surface area contributed by atoms with Gasteiger partial charge in [-0.1, -0.05) is 41.4 Å². The lowest BCUT2D eigenvalue weighted by Crippen LogP contribution is -2.27. The van der Waals surface area contributed by atoms with Crippen molar-refractivity contribution in [2.24, 2.45) is 0 Å². The number of halogens is 2. The topological polar surface area (TPSA) is 33.2 Å². The number of para-hydroxylation sites is 1. The average Bonchev–Trinajstić information content (AvgIpc) is 2.41. The van der Waals surface area contributed by atoms with E-state index in [0.29, 0.717) is 0 Å². The number of rotatable bonds is 2. The standard InChI is InChI=1S/C13H10Cl2N2O/c1-17(9-5-3-2-4-6-9)13(18)12-10(14)7-8-11(15)16-12/h2-8H,1H3. The molecule has 1 amide bonds. The SMILES string of the molecule is CN(C(=O)c1nc(Cl)ccc1Cl)c1ccccc1. The summed E-state index contributed by atoms with van der Waals surface area (Å²) in [5, 5.41) is 0.524. The molecule has 1 aromatic carbocycles. The number of aromatic nitrogens is 1. The minimum absolute atomic E-state index is 0.149. The van der Waals surface area contributed by atoms with Gasteiger partial charge in [0.05, 0.1) is 5.02 Å². The van der Waals surface area contributed by atoms with E-state index in [9.17, 15) is 4.79 Å². The first-order valence-electron chi connectivity index (χ1n) is 5.25. The van der Waals surface area contributed by atoms with Gasteiger partial charge < -0.3 is 4.90 Å². The Hall–Kier alpha value is -1.58. The smallest absolute Gasteiger partial charge is 0.278 e. The highest BCUT2D eigenvalue weighted by Gasteiger charge is 2.18. The molecular weight excluding hydrogens is 271 g/mol. The molecule has 92 valence electrons. The number of hydrogen-bond donors (Lipinski definition) is 0. The molecule has 0 N–H and O–H groups in total. The Labute approximate surface area is 115 Å². The van der Waals surface area contributed by atoms with Gasteiger partial charge in [0.2, 0.25) is 0 Å². The zero-order valence-corrected chi connectivity index (χ0v) is 11.1. The predicted octanol–water partition coefficient (Wildman–Crippen LogP) is 3.67. The Morgan fingerprint density at radius 1 is 1.11 bits per heavy atom. The van der Waals surface area contributed by atoms with E-state index < -0.39 is 0 Å². The monoisotopic (exact) mass is 280 g/mol. The molecule has 2 rings (SSSR count). The molecule has 0 unspecified atom stereocenters. The molecule has 0 aliphatic carbocycles. The molecule has 1 heterocycles. The van der Waals surface area contributed by atoms with E-state index in [4.69, 9.17) is 23.2 Å². The van der Waals surface area contributed by atoms with E-state index in [2.05, 4.69) is 4.98 Å². The van der Waals surface area contributed by atoms with E-state index in [-0.39, 0.29) is 21.8 Å². The van der Waals surface area contributed by atoms with Crippen molar-refractivity contribution in [3.05, 3.63) is 58.3 Å².